The quantitative estimate of drug-likeness (QED) is 0.569. The minimum absolute atomic E-state index is 0.273. The van der Waals surface area contributed by atoms with E-state index in [0.717, 1.165) is 0 Å². The molecule has 0 unspecified atom stereocenters. The van der Waals surface area contributed by atoms with Crippen molar-refractivity contribution in [2.24, 2.45) is 0 Å². The molecule has 1 aliphatic rings. The molecule has 0 aromatic heterocycles. The van der Waals surface area contributed by atoms with Crippen LogP contribution in [0.5, 0.6) is 0 Å². The highest BCUT2D eigenvalue weighted by Crippen LogP contribution is 2.23. The third kappa shape index (κ3) is 5.39. The molecule has 0 saturated carbocycles. The first-order chi connectivity index (χ1) is 9.66. The Morgan fingerprint density at radius 1 is 0.700 bits per heavy atom. The van der Waals surface area contributed by atoms with Crippen LogP contribution in [0, 0.1) is 0 Å². The third-order valence-corrected chi connectivity index (χ3v) is 9.85. The van der Waals surface area contributed by atoms with Gasteiger partial charge in [-0.1, -0.05) is 0 Å². The van der Waals surface area contributed by atoms with E-state index >= 15 is 0 Å². The van der Waals surface area contributed by atoms with Gasteiger partial charge in [0, 0.05) is 26.4 Å². The Hall–Kier alpha value is 0.548. The van der Waals surface area contributed by atoms with Gasteiger partial charge in [0.05, 0.1) is 0 Å². The van der Waals surface area contributed by atoms with Crippen LogP contribution in [0.4, 0.5) is 0 Å². The van der Waals surface area contributed by atoms with Crippen LogP contribution in [0.25, 0.3) is 0 Å². The molecule has 116 valence electrons. The lowest BCUT2D eigenvalue weighted by atomic mass is 10.9. The van der Waals surface area contributed by atoms with Gasteiger partial charge < -0.3 is 34.2 Å². The van der Waals surface area contributed by atoms with E-state index in [4.69, 9.17) is 34.2 Å². The first-order valence-corrected chi connectivity index (χ1v) is 11.3. The second-order valence-corrected chi connectivity index (χ2v) is 10.1. The number of hydrogen-bond acceptors (Lipinski definition) is 8. The lowest BCUT2D eigenvalue weighted by molar-refractivity contribution is -0.0313. The van der Waals surface area contributed by atoms with Crippen LogP contribution in [0.2, 0.25) is 0 Å². The van der Waals surface area contributed by atoms with Gasteiger partial charge in [-0.3, -0.25) is 0 Å². The standard InChI is InChI=1S/C8H20O8Si4/c1-5-9-19(10-6-2)14-17-13-18-15-20(16-19,11-7-3)12-8-4/h5-8H2,1-4H3. The van der Waals surface area contributed by atoms with Gasteiger partial charge in [0.15, 0.2) is 0 Å². The molecule has 20 heavy (non-hydrogen) atoms. The van der Waals surface area contributed by atoms with Gasteiger partial charge in [0.25, 0.3) is 0 Å². The van der Waals surface area contributed by atoms with Crippen LogP contribution in [0.15, 0.2) is 0 Å². The van der Waals surface area contributed by atoms with Crippen molar-refractivity contribution in [2.75, 3.05) is 26.4 Å². The van der Waals surface area contributed by atoms with Crippen LogP contribution in [0.1, 0.15) is 27.7 Å². The van der Waals surface area contributed by atoms with Crippen molar-refractivity contribution in [3.05, 3.63) is 0 Å². The van der Waals surface area contributed by atoms with Crippen molar-refractivity contribution in [2.45, 2.75) is 27.7 Å². The van der Waals surface area contributed by atoms with Crippen molar-refractivity contribution in [1.29, 1.82) is 0 Å². The van der Waals surface area contributed by atoms with Gasteiger partial charge in [-0.15, -0.1) is 0 Å². The Bertz CT molecular complexity index is 235. The zero-order valence-corrected chi connectivity index (χ0v) is 16.1. The Morgan fingerprint density at radius 3 is 1.35 bits per heavy atom. The van der Waals surface area contributed by atoms with Gasteiger partial charge in [-0.05, 0) is 27.7 Å². The highest BCUT2D eigenvalue weighted by atomic mass is 28.5. The lowest BCUT2D eigenvalue weighted by Gasteiger charge is -2.36. The summed E-state index contributed by atoms with van der Waals surface area (Å²) in [5.41, 5.74) is 0. The highest BCUT2D eigenvalue weighted by molar-refractivity contribution is 6.73. The second-order valence-electron chi connectivity index (χ2n) is 3.31. The summed E-state index contributed by atoms with van der Waals surface area (Å²) in [4.78, 5) is 0. The monoisotopic (exact) mass is 356 g/mol. The van der Waals surface area contributed by atoms with Gasteiger partial charge in [-0.25, -0.2) is 0 Å². The molecule has 1 aliphatic heterocycles. The molecular weight excluding hydrogens is 336 g/mol. The van der Waals surface area contributed by atoms with E-state index in [0.29, 0.717) is 26.4 Å². The molecule has 1 fully saturated rings. The molecule has 1 rings (SSSR count). The van der Waals surface area contributed by atoms with Crippen LogP contribution in [0.3, 0.4) is 0 Å². The van der Waals surface area contributed by atoms with E-state index in [2.05, 4.69) is 0 Å². The third-order valence-electron chi connectivity index (χ3n) is 1.95. The van der Waals surface area contributed by atoms with E-state index in [1.807, 2.05) is 27.7 Å². The summed E-state index contributed by atoms with van der Waals surface area (Å²) in [6, 6.07) is 0. The zero-order valence-electron chi connectivity index (χ0n) is 12.1. The summed E-state index contributed by atoms with van der Waals surface area (Å²) in [5, 5.41) is 0. The van der Waals surface area contributed by atoms with Gasteiger partial charge >= 0.3 is 38.1 Å². The molecule has 0 spiro atoms. The van der Waals surface area contributed by atoms with Crippen LogP contribution >= 0.6 is 0 Å². The Balaban J connectivity index is 2.95. The molecule has 0 aromatic carbocycles. The summed E-state index contributed by atoms with van der Waals surface area (Å²) in [6.45, 7) is 8.83. The van der Waals surface area contributed by atoms with Crippen LogP contribution in [-0.2, 0) is 34.2 Å². The van der Waals surface area contributed by atoms with E-state index in [1.54, 1.807) is 0 Å². The summed E-state index contributed by atoms with van der Waals surface area (Å²) >= 11 is 0. The predicted molar refractivity (Wildman–Crippen MR) is 73.9 cm³/mol. The summed E-state index contributed by atoms with van der Waals surface area (Å²) < 4.78 is 44.7. The highest BCUT2D eigenvalue weighted by Gasteiger charge is 2.60. The molecule has 0 bridgehead atoms. The fourth-order valence-electron chi connectivity index (χ4n) is 1.38. The van der Waals surface area contributed by atoms with E-state index in [-0.39, 0.29) is 20.0 Å². The smallest absolute Gasteiger partial charge is 0.412 e. The minimum atomic E-state index is -3.40. The fraction of sp³-hybridized carbons (Fsp3) is 1.00. The molecule has 12 heteroatoms. The molecular formula is C8H20O8Si4. The van der Waals surface area contributed by atoms with E-state index in [1.165, 1.54) is 0 Å². The molecule has 0 atom stereocenters. The Kier molecular flexibility index (Phi) is 8.87. The van der Waals surface area contributed by atoms with E-state index in [9.17, 15) is 0 Å². The lowest BCUT2D eigenvalue weighted by Crippen LogP contribution is -2.64. The molecule has 0 aliphatic carbocycles. The van der Waals surface area contributed by atoms with Crippen LogP contribution < -0.4 is 0 Å². The SMILES string of the molecule is CCO[Si]1(OCC)O[Si]O[Si]O[Si](OCC)(OCC)O1. The zero-order chi connectivity index (χ0) is 14.9. The average Bonchev–Trinajstić information content (AvgIpc) is 2.37. The van der Waals surface area contributed by atoms with Crippen molar-refractivity contribution in [3.8, 4) is 0 Å². The molecule has 0 aromatic rings. The first kappa shape index (κ1) is 18.6. The minimum Gasteiger partial charge on any atom is -0.412 e. The van der Waals surface area contributed by atoms with Crippen molar-refractivity contribution >= 4 is 38.1 Å². The molecule has 0 N–H and O–H groups in total. The summed E-state index contributed by atoms with van der Waals surface area (Å²) in [6.07, 6.45) is 0. The van der Waals surface area contributed by atoms with Gasteiger partial charge in [0.2, 0.25) is 0 Å². The maximum Gasteiger partial charge on any atom is 0.664 e. The maximum atomic E-state index is 5.91. The van der Waals surface area contributed by atoms with Crippen LogP contribution in [-0.4, -0.2) is 64.5 Å². The topological polar surface area (TPSA) is 73.8 Å². The predicted octanol–water partition coefficient (Wildman–Crippen LogP) is 0.152. The van der Waals surface area contributed by atoms with Gasteiger partial charge in [-0.2, -0.15) is 0 Å². The van der Waals surface area contributed by atoms with Crippen molar-refractivity contribution < 1.29 is 34.2 Å². The number of rotatable bonds is 8. The largest absolute Gasteiger partial charge is 0.664 e. The molecule has 1 heterocycles. The Labute approximate surface area is 127 Å². The molecule has 1 saturated heterocycles. The number of hydrogen-bond donors (Lipinski definition) is 0. The second kappa shape index (κ2) is 9.54. The molecule has 0 amide bonds. The molecule has 4 radical (unpaired) electrons. The normalized spacial score (nSPS) is 22.2. The first-order valence-electron chi connectivity index (χ1n) is 6.43. The average molecular weight is 357 g/mol. The Morgan fingerprint density at radius 2 is 1.05 bits per heavy atom. The van der Waals surface area contributed by atoms with Crippen molar-refractivity contribution in [3.63, 3.8) is 0 Å². The molecule has 8 nitrogen and oxygen atoms in total. The fourth-order valence-corrected chi connectivity index (χ4v) is 9.19. The summed E-state index contributed by atoms with van der Waals surface area (Å²) in [5.74, 6) is 0. The summed E-state index contributed by atoms with van der Waals surface area (Å²) in [7, 11) is -7.34. The van der Waals surface area contributed by atoms with Gasteiger partial charge in [0.1, 0.15) is 0 Å². The van der Waals surface area contributed by atoms with E-state index < -0.39 is 18.1 Å². The van der Waals surface area contributed by atoms with Crippen molar-refractivity contribution in [1.82, 2.24) is 0 Å². The maximum absolute atomic E-state index is 5.91.